The third kappa shape index (κ3) is 8.61. The monoisotopic (exact) mass is 739 g/mol. The number of aliphatic hydroxyl groups excluding tert-OH is 1. The summed E-state index contributed by atoms with van der Waals surface area (Å²) in [6, 6.07) is 25.5. The fraction of sp³-hybridized carbons (Fsp3) is 0.225. The molecule has 0 radical (unpaired) electrons. The van der Waals surface area contributed by atoms with Gasteiger partial charge in [-0.25, -0.2) is 13.6 Å². The molecule has 0 unspecified atom stereocenters. The van der Waals surface area contributed by atoms with E-state index in [4.69, 9.17) is 26.2 Å². The van der Waals surface area contributed by atoms with Crippen LogP contribution >= 0.6 is 11.6 Å². The van der Waals surface area contributed by atoms with Crippen molar-refractivity contribution >= 4 is 27.6 Å². The van der Waals surface area contributed by atoms with Gasteiger partial charge in [-0.2, -0.15) is 5.26 Å². The number of halogens is 1. The number of rotatable bonds is 14. The number of carboxylic acid groups (broad SMARTS) is 1. The Balaban J connectivity index is 1.42. The minimum Gasteiger partial charge on any atom is -0.488 e. The molecule has 0 bridgehead atoms. The molecule has 10 nitrogen and oxygen atoms in total. The van der Waals surface area contributed by atoms with Crippen LogP contribution in [0, 0.1) is 30.6 Å². The zero-order valence-corrected chi connectivity index (χ0v) is 30.5. The second kappa shape index (κ2) is 16.0. The lowest BCUT2D eigenvalue weighted by molar-refractivity contribution is -0.150. The molecule has 1 heterocycles. The summed E-state index contributed by atoms with van der Waals surface area (Å²) in [6.07, 6.45) is 3.44. The van der Waals surface area contributed by atoms with Crippen LogP contribution in [0.15, 0.2) is 96.2 Å². The number of pyridine rings is 1. The highest BCUT2D eigenvalue weighted by atomic mass is 35.5. The number of nitrogens with two attached hydrogens (primary N) is 1. The predicted octanol–water partition coefficient (Wildman–Crippen LogP) is 7.38. The van der Waals surface area contributed by atoms with Gasteiger partial charge in [-0.15, -0.1) is 0 Å². The van der Waals surface area contributed by atoms with Crippen molar-refractivity contribution in [3.05, 3.63) is 130 Å². The van der Waals surface area contributed by atoms with Gasteiger partial charge in [0.05, 0.1) is 27.5 Å². The van der Waals surface area contributed by atoms with Crippen LogP contribution in [0.4, 0.5) is 0 Å². The molecule has 0 aliphatic heterocycles. The maximum atomic E-state index is 11.9. The van der Waals surface area contributed by atoms with Gasteiger partial charge >= 0.3 is 5.97 Å². The third-order valence-electron chi connectivity index (χ3n) is 9.19. The first-order valence-electron chi connectivity index (χ1n) is 16.3. The Morgan fingerprint density at radius 2 is 1.56 bits per heavy atom. The van der Waals surface area contributed by atoms with Gasteiger partial charge < -0.3 is 19.7 Å². The van der Waals surface area contributed by atoms with E-state index in [1.807, 2.05) is 50.2 Å². The molecule has 268 valence electrons. The Morgan fingerprint density at radius 1 is 0.904 bits per heavy atom. The van der Waals surface area contributed by atoms with Gasteiger partial charge in [0, 0.05) is 24.0 Å². The van der Waals surface area contributed by atoms with Crippen molar-refractivity contribution in [3.63, 3.8) is 0 Å². The number of nitriles is 1. The molecular formula is C40H38ClN3O7S. The number of hydrogen-bond acceptors (Lipinski definition) is 8. The molecule has 1 atom stereocenters. The molecule has 0 aliphatic carbocycles. The molecule has 0 spiro atoms. The summed E-state index contributed by atoms with van der Waals surface area (Å²) >= 11 is 6.74. The van der Waals surface area contributed by atoms with Crippen molar-refractivity contribution in [2.45, 2.75) is 51.7 Å². The molecular weight excluding hydrogens is 702 g/mol. The Labute approximate surface area is 308 Å². The number of sulfonamides is 1. The number of hydrogen-bond donors (Lipinski definition) is 3. The van der Waals surface area contributed by atoms with E-state index in [1.54, 1.807) is 36.5 Å². The van der Waals surface area contributed by atoms with Crippen molar-refractivity contribution in [2.75, 3.05) is 6.61 Å². The number of aliphatic carboxylic acids is 1. The molecule has 0 saturated heterocycles. The fourth-order valence-corrected chi connectivity index (χ4v) is 6.58. The largest absolute Gasteiger partial charge is 0.488 e. The van der Waals surface area contributed by atoms with Crippen molar-refractivity contribution < 1.29 is 32.9 Å². The molecule has 0 amide bonds. The SMILES string of the molecule is Cc1c(COc2cc(OCc3cncc(C#N)c3)c(CC[C@@](C)(CO)C(=O)O)cc2Cl)cccc1-c1cccc(-c2ccc(S(N)(=O)=O)cc2)c1C. The minimum atomic E-state index is -3.80. The first kappa shape index (κ1) is 38.0. The number of carbonyl (C=O) groups is 1. The number of aliphatic hydroxyl groups is 1. The van der Waals surface area contributed by atoms with Crippen LogP contribution < -0.4 is 14.6 Å². The third-order valence-corrected chi connectivity index (χ3v) is 10.4. The van der Waals surface area contributed by atoms with E-state index in [0.29, 0.717) is 33.2 Å². The number of aromatic nitrogens is 1. The molecule has 0 aliphatic rings. The predicted molar refractivity (Wildman–Crippen MR) is 198 cm³/mol. The van der Waals surface area contributed by atoms with E-state index in [-0.39, 0.29) is 31.0 Å². The highest BCUT2D eigenvalue weighted by Crippen LogP contribution is 2.38. The van der Waals surface area contributed by atoms with Gasteiger partial charge in [0.2, 0.25) is 10.0 Å². The lowest BCUT2D eigenvalue weighted by Gasteiger charge is -2.23. The summed E-state index contributed by atoms with van der Waals surface area (Å²) in [4.78, 5) is 16.0. The maximum Gasteiger partial charge on any atom is 0.311 e. The molecule has 0 saturated carbocycles. The van der Waals surface area contributed by atoms with Crippen molar-refractivity contribution in [1.82, 2.24) is 4.98 Å². The van der Waals surface area contributed by atoms with Gasteiger partial charge in [0.15, 0.2) is 0 Å². The summed E-state index contributed by atoms with van der Waals surface area (Å²) in [7, 11) is -3.80. The number of primary sulfonamides is 1. The van der Waals surface area contributed by atoms with E-state index >= 15 is 0 Å². The van der Waals surface area contributed by atoms with E-state index in [2.05, 4.69) is 11.1 Å². The second-order valence-electron chi connectivity index (χ2n) is 12.8. The zero-order chi connectivity index (χ0) is 37.6. The van der Waals surface area contributed by atoms with Gasteiger partial charge in [0.1, 0.15) is 30.8 Å². The highest BCUT2D eigenvalue weighted by Gasteiger charge is 2.32. The lowest BCUT2D eigenvalue weighted by atomic mass is 9.85. The van der Waals surface area contributed by atoms with Crippen LogP contribution in [0.1, 0.15) is 46.7 Å². The standard InChI is InChI=1S/C40H38ClN3O7S/c1-25-31(6-4-8-34(25)35-9-5-7-33(26(35)2)29-10-12-32(13-11-29)52(43,48)49)23-51-38-18-37(50-22-28-16-27(19-42)20-44-21-28)30(17-36(38)41)14-15-40(3,24-45)39(46)47/h4-13,16-18,20-21,45H,14-15,22-24H2,1-3H3,(H,46,47)(H2,43,48,49)/t40-/m0/s1. The molecule has 52 heavy (non-hydrogen) atoms. The number of ether oxygens (including phenoxy) is 2. The summed E-state index contributed by atoms with van der Waals surface area (Å²) in [5.41, 5.74) is 7.10. The van der Waals surface area contributed by atoms with E-state index in [0.717, 1.165) is 38.9 Å². The van der Waals surface area contributed by atoms with Crippen LogP contribution in [-0.2, 0) is 34.5 Å². The highest BCUT2D eigenvalue weighted by molar-refractivity contribution is 7.89. The van der Waals surface area contributed by atoms with Crippen LogP contribution in [0.3, 0.4) is 0 Å². The van der Waals surface area contributed by atoms with Crippen LogP contribution in [0.25, 0.3) is 22.3 Å². The Kier molecular flexibility index (Phi) is 11.7. The van der Waals surface area contributed by atoms with Crippen molar-refractivity contribution in [3.8, 4) is 39.8 Å². The average molecular weight is 740 g/mol. The van der Waals surface area contributed by atoms with E-state index in [1.165, 1.54) is 25.3 Å². The summed E-state index contributed by atoms with van der Waals surface area (Å²) < 4.78 is 36.0. The molecule has 5 aromatic rings. The number of nitrogens with zero attached hydrogens (tertiary/aromatic N) is 2. The number of carboxylic acids is 1. The molecule has 0 fully saturated rings. The quantitative estimate of drug-likeness (QED) is 0.105. The molecule has 12 heteroatoms. The van der Waals surface area contributed by atoms with Gasteiger partial charge in [0.25, 0.3) is 0 Å². The summed E-state index contributed by atoms with van der Waals surface area (Å²) in [5.74, 6) is -0.331. The van der Waals surface area contributed by atoms with Gasteiger partial charge in [-0.3, -0.25) is 9.78 Å². The van der Waals surface area contributed by atoms with Crippen LogP contribution in [-0.4, -0.2) is 36.2 Å². The molecule has 1 aromatic heterocycles. The fourth-order valence-electron chi connectivity index (χ4n) is 5.82. The average Bonchev–Trinajstić information content (AvgIpc) is 3.13. The number of aryl methyl sites for hydroxylation is 1. The summed E-state index contributed by atoms with van der Waals surface area (Å²) in [6.45, 7) is 5.26. The van der Waals surface area contributed by atoms with Crippen molar-refractivity contribution in [2.24, 2.45) is 10.6 Å². The Bertz CT molecular complexity index is 2270. The van der Waals surface area contributed by atoms with Crippen LogP contribution in [0.2, 0.25) is 5.02 Å². The van der Waals surface area contributed by atoms with Crippen molar-refractivity contribution in [1.29, 1.82) is 5.26 Å². The maximum absolute atomic E-state index is 11.9. The second-order valence-corrected chi connectivity index (χ2v) is 14.8. The lowest BCUT2D eigenvalue weighted by Crippen LogP contribution is -2.32. The first-order chi connectivity index (χ1) is 24.7. The minimum absolute atomic E-state index is 0.0487. The zero-order valence-electron chi connectivity index (χ0n) is 28.9. The van der Waals surface area contributed by atoms with Gasteiger partial charge in [-0.05, 0) is 102 Å². The first-order valence-corrected chi connectivity index (χ1v) is 18.2. The van der Waals surface area contributed by atoms with E-state index < -0.39 is 28.0 Å². The van der Waals surface area contributed by atoms with E-state index in [9.17, 15) is 28.7 Å². The molecule has 5 rings (SSSR count). The number of benzene rings is 4. The molecule has 4 N–H and O–H groups in total. The topological polar surface area (TPSA) is 173 Å². The summed E-state index contributed by atoms with van der Waals surface area (Å²) in [5, 5.41) is 34.4. The Morgan fingerprint density at radius 3 is 2.21 bits per heavy atom. The molecule has 4 aromatic carbocycles. The smallest absolute Gasteiger partial charge is 0.311 e. The van der Waals surface area contributed by atoms with Gasteiger partial charge in [-0.1, -0.05) is 60.1 Å². The Hall–Kier alpha value is -5.25. The van der Waals surface area contributed by atoms with Crippen LogP contribution in [0.5, 0.6) is 11.5 Å². The normalized spacial score (nSPS) is 12.5.